The van der Waals surface area contributed by atoms with Gasteiger partial charge in [-0.05, 0) is 12.0 Å². The largest absolute Gasteiger partial charge is 0.451 e. The van der Waals surface area contributed by atoms with Gasteiger partial charge in [0.1, 0.15) is 6.26 Å². The van der Waals surface area contributed by atoms with Crippen LogP contribution in [0.5, 0.6) is 0 Å². The Morgan fingerprint density at radius 3 is 2.71 bits per heavy atom. The van der Waals surface area contributed by atoms with Crippen LogP contribution in [0.3, 0.4) is 0 Å². The van der Waals surface area contributed by atoms with Crippen molar-refractivity contribution in [2.75, 3.05) is 0 Å². The first kappa shape index (κ1) is 8.97. The van der Waals surface area contributed by atoms with Crippen molar-refractivity contribution in [3.63, 3.8) is 0 Å². The van der Waals surface area contributed by atoms with Crippen molar-refractivity contribution in [2.24, 2.45) is 5.73 Å². The molecule has 0 radical (unpaired) electrons. The van der Waals surface area contributed by atoms with E-state index in [0.29, 0.717) is 0 Å². The minimum atomic E-state index is -0.0869. The number of rotatable bonds is 3. The average Bonchev–Trinajstić information content (AvgIpc) is 2.72. The van der Waals surface area contributed by atoms with Crippen molar-refractivity contribution in [2.45, 2.75) is 12.5 Å². The normalized spacial score (nSPS) is 12.6. The van der Waals surface area contributed by atoms with Gasteiger partial charge in [0.2, 0.25) is 0 Å². The Hall–Kier alpha value is -1.61. The lowest BCUT2D eigenvalue weighted by atomic mass is 10.1. The molecule has 1 atom stereocenters. The summed E-state index contributed by atoms with van der Waals surface area (Å²) in [6.45, 7) is 0. The van der Waals surface area contributed by atoms with Gasteiger partial charge < -0.3 is 10.2 Å². The molecule has 1 aromatic carbocycles. The number of nitrogens with two attached hydrogens (primary N) is 1. The third kappa shape index (κ3) is 2.00. The maximum atomic E-state index is 5.95. The zero-order valence-corrected chi connectivity index (χ0v) is 7.76. The molecule has 0 fully saturated rings. The fourth-order valence-electron chi connectivity index (χ4n) is 1.38. The second-order valence-corrected chi connectivity index (χ2v) is 3.21. The van der Waals surface area contributed by atoms with E-state index in [1.165, 1.54) is 12.0 Å². The Bertz CT molecular complexity index is 369. The molecule has 0 saturated carbocycles. The van der Waals surface area contributed by atoms with Crippen LogP contribution in [-0.4, -0.2) is 4.98 Å². The van der Waals surface area contributed by atoms with Crippen LogP contribution in [0.1, 0.15) is 17.3 Å². The molecular weight excluding hydrogens is 176 g/mol. The Balaban J connectivity index is 2.06. The summed E-state index contributed by atoms with van der Waals surface area (Å²) in [5, 5.41) is 0. The summed E-state index contributed by atoms with van der Waals surface area (Å²) < 4.78 is 4.88. The van der Waals surface area contributed by atoms with Crippen LogP contribution in [0.25, 0.3) is 0 Å². The first-order chi connectivity index (χ1) is 6.86. The second kappa shape index (κ2) is 4.07. The number of benzene rings is 1. The van der Waals surface area contributed by atoms with E-state index in [4.69, 9.17) is 10.2 Å². The van der Waals surface area contributed by atoms with Crippen LogP contribution < -0.4 is 5.73 Å². The number of aromatic nitrogens is 1. The lowest BCUT2D eigenvalue weighted by Crippen LogP contribution is -2.13. The van der Waals surface area contributed by atoms with E-state index in [2.05, 4.69) is 17.1 Å². The van der Waals surface area contributed by atoms with Crippen molar-refractivity contribution in [3.05, 3.63) is 54.2 Å². The van der Waals surface area contributed by atoms with Crippen LogP contribution in [0, 0.1) is 0 Å². The van der Waals surface area contributed by atoms with Gasteiger partial charge in [-0.1, -0.05) is 30.3 Å². The predicted molar refractivity (Wildman–Crippen MR) is 53.6 cm³/mol. The molecule has 0 aliphatic heterocycles. The maximum Gasteiger partial charge on any atom is 0.180 e. The monoisotopic (exact) mass is 188 g/mol. The van der Waals surface area contributed by atoms with Crippen LogP contribution in [-0.2, 0) is 6.42 Å². The molecule has 14 heavy (non-hydrogen) atoms. The zero-order chi connectivity index (χ0) is 9.80. The standard InChI is InChI=1S/C11H12N2O/c12-10(11-7-14-8-13-11)6-9-4-2-1-3-5-9/h1-5,7-8,10H,6,12H2/t10-/m0/s1. The van der Waals surface area contributed by atoms with E-state index >= 15 is 0 Å². The molecule has 2 aromatic rings. The number of hydrogen-bond acceptors (Lipinski definition) is 3. The quantitative estimate of drug-likeness (QED) is 0.800. The van der Waals surface area contributed by atoms with Gasteiger partial charge in [-0.15, -0.1) is 0 Å². The minimum Gasteiger partial charge on any atom is -0.451 e. The van der Waals surface area contributed by atoms with Gasteiger partial charge in [-0.25, -0.2) is 4.98 Å². The Kier molecular flexibility index (Phi) is 2.60. The molecule has 0 spiro atoms. The lowest BCUT2D eigenvalue weighted by molar-refractivity contribution is 0.553. The van der Waals surface area contributed by atoms with E-state index in [0.717, 1.165) is 12.1 Å². The molecule has 0 unspecified atom stereocenters. The lowest BCUT2D eigenvalue weighted by Gasteiger charge is -2.07. The first-order valence-electron chi connectivity index (χ1n) is 4.54. The maximum absolute atomic E-state index is 5.95. The highest BCUT2D eigenvalue weighted by Crippen LogP contribution is 2.13. The molecule has 72 valence electrons. The molecule has 3 nitrogen and oxygen atoms in total. The molecule has 2 rings (SSSR count). The predicted octanol–water partition coefficient (Wildman–Crippen LogP) is 1.92. The average molecular weight is 188 g/mol. The highest BCUT2D eigenvalue weighted by molar-refractivity contribution is 5.17. The summed E-state index contributed by atoms with van der Waals surface area (Å²) in [5.41, 5.74) is 7.96. The second-order valence-electron chi connectivity index (χ2n) is 3.21. The van der Waals surface area contributed by atoms with Gasteiger partial charge in [0, 0.05) is 0 Å². The Labute approximate surface area is 82.6 Å². The van der Waals surface area contributed by atoms with Gasteiger partial charge in [-0.3, -0.25) is 0 Å². The number of oxazole rings is 1. The SMILES string of the molecule is N[C@@H](Cc1ccccc1)c1cocn1. The molecular formula is C11H12N2O. The van der Waals surface area contributed by atoms with E-state index < -0.39 is 0 Å². The summed E-state index contributed by atoms with van der Waals surface area (Å²) in [4.78, 5) is 4.02. The van der Waals surface area contributed by atoms with Crippen LogP contribution in [0.4, 0.5) is 0 Å². The summed E-state index contributed by atoms with van der Waals surface area (Å²) in [7, 11) is 0. The van der Waals surface area contributed by atoms with Gasteiger partial charge in [0.05, 0.1) is 11.7 Å². The Morgan fingerprint density at radius 1 is 1.29 bits per heavy atom. The van der Waals surface area contributed by atoms with Crippen LogP contribution in [0.2, 0.25) is 0 Å². The number of hydrogen-bond donors (Lipinski definition) is 1. The van der Waals surface area contributed by atoms with E-state index in [9.17, 15) is 0 Å². The van der Waals surface area contributed by atoms with Crippen LogP contribution in [0.15, 0.2) is 47.4 Å². The molecule has 0 bridgehead atoms. The third-order valence-corrected chi connectivity index (χ3v) is 2.13. The summed E-state index contributed by atoms with van der Waals surface area (Å²) in [6, 6.07) is 10.0. The van der Waals surface area contributed by atoms with Crippen LogP contribution >= 0.6 is 0 Å². The smallest absolute Gasteiger partial charge is 0.180 e. The summed E-state index contributed by atoms with van der Waals surface area (Å²) in [5.74, 6) is 0. The molecule has 0 amide bonds. The molecule has 1 heterocycles. The fourth-order valence-corrected chi connectivity index (χ4v) is 1.38. The topological polar surface area (TPSA) is 52.0 Å². The van der Waals surface area contributed by atoms with Crippen molar-refractivity contribution in [3.8, 4) is 0 Å². The van der Waals surface area contributed by atoms with E-state index in [1.807, 2.05) is 18.2 Å². The molecule has 0 saturated heterocycles. The van der Waals surface area contributed by atoms with Gasteiger partial charge >= 0.3 is 0 Å². The first-order valence-corrected chi connectivity index (χ1v) is 4.54. The Morgan fingerprint density at radius 2 is 2.07 bits per heavy atom. The summed E-state index contributed by atoms with van der Waals surface area (Å²) >= 11 is 0. The highest BCUT2D eigenvalue weighted by Gasteiger charge is 2.08. The van der Waals surface area contributed by atoms with E-state index in [-0.39, 0.29) is 6.04 Å². The van der Waals surface area contributed by atoms with Crippen molar-refractivity contribution in [1.82, 2.24) is 4.98 Å². The van der Waals surface area contributed by atoms with Gasteiger partial charge in [-0.2, -0.15) is 0 Å². The minimum absolute atomic E-state index is 0.0869. The van der Waals surface area contributed by atoms with Crippen molar-refractivity contribution >= 4 is 0 Å². The molecule has 2 N–H and O–H groups in total. The van der Waals surface area contributed by atoms with Crippen molar-refractivity contribution in [1.29, 1.82) is 0 Å². The molecule has 3 heteroatoms. The third-order valence-electron chi connectivity index (χ3n) is 2.13. The highest BCUT2D eigenvalue weighted by atomic mass is 16.3. The molecule has 0 aliphatic rings. The van der Waals surface area contributed by atoms with Gasteiger partial charge in [0.15, 0.2) is 6.39 Å². The van der Waals surface area contributed by atoms with Gasteiger partial charge in [0.25, 0.3) is 0 Å². The van der Waals surface area contributed by atoms with Crippen molar-refractivity contribution < 1.29 is 4.42 Å². The molecule has 0 aliphatic carbocycles. The fraction of sp³-hybridized carbons (Fsp3) is 0.182. The zero-order valence-electron chi connectivity index (χ0n) is 7.76. The van der Waals surface area contributed by atoms with E-state index in [1.54, 1.807) is 6.26 Å². The molecule has 1 aromatic heterocycles. The summed E-state index contributed by atoms with van der Waals surface area (Å²) in [6.07, 6.45) is 3.78. The number of nitrogens with zero attached hydrogens (tertiary/aromatic N) is 1.